The number of nitrogens with two attached hydrogens (primary N) is 1. The molecule has 1 atom stereocenters. The summed E-state index contributed by atoms with van der Waals surface area (Å²) in [5.41, 5.74) is 3.72. The topological polar surface area (TPSA) is 92.4 Å². The lowest BCUT2D eigenvalue weighted by molar-refractivity contribution is -0.144. The van der Waals surface area contributed by atoms with Crippen LogP contribution in [0.25, 0.3) is 0 Å². The number of urea groups is 1. The molecule has 0 spiro atoms. The summed E-state index contributed by atoms with van der Waals surface area (Å²) in [4.78, 5) is 21.7. The molecule has 5 nitrogen and oxygen atoms in total. The van der Waals surface area contributed by atoms with Crippen molar-refractivity contribution in [2.45, 2.75) is 57.9 Å². The molecule has 0 aliphatic heterocycles. The lowest BCUT2D eigenvalue weighted by Crippen LogP contribution is -2.53. The molecule has 0 aliphatic carbocycles. The zero-order valence-electron chi connectivity index (χ0n) is 10.1. The Morgan fingerprint density at radius 1 is 1.25 bits per heavy atom. The van der Waals surface area contributed by atoms with Gasteiger partial charge in [0.15, 0.2) is 0 Å². The third-order valence-electron chi connectivity index (χ3n) is 2.65. The number of unbranched alkanes of at least 4 members (excludes halogenated alkanes) is 4. The van der Waals surface area contributed by atoms with Gasteiger partial charge in [-0.1, -0.05) is 39.0 Å². The van der Waals surface area contributed by atoms with E-state index < -0.39 is 17.5 Å². The number of rotatable bonds is 8. The van der Waals surface area contributed by atoms with Crippen molar-refractivity contribution in [3.05, 3.63) is 0 Å². The molecule has 0 aromatic carbocycles. The Morgan fingerprint density at radius 3 is 2.25 bits per heavy atom. The summed E-state index contributed by atoms with van der Waals surface area (Å²) in [6, 6.07) is -0.793. The van der Waals surface area contributed by atoms with Crippen molar-refractivity contribution in [1.82, 2.24) is 5.32 Å². The number of carbonyl (C=O) groups is 2. The standard InChI is InChI=1S/C11H22N2O3/c1-3-4-5-6-7-8-11(2,9(14)15)13-10(12)16/h3-8H2,1-2H3,(H,14,15)(H3,12,13,16)/t11-/m1/s1. The molecule has 0 rings (SSSR count). The van der Waals surface area contributed by atoms with Crippen LogP contribution in [0.15, 0.2) is 0 Å². The van der Waals surface area contributed by atoms with Crippen molar-refractivity contribution in [1.29, 1.82) is 0 Å². The van der Waals surface area contributed by atoms with E-state index in [2.05, 4.69) is 12.2 Å². The third kappa shape index (κ3) is 5.58. The molecule has 0 aliphatic rings. The van der Waals surface area contributed by atoms with Crippen molar-refractivity contribution in [2.75, 3.05) is 0 Å². The van der Waals surface area contributed by atoms with Crippen LogP contribution in [-0.4, -0.2) is 22.6 Å². The highest BCUT2D eigenvalue weighted by Crippen LogP contribution is 2.16. The summed E-state index contributed by atoms with van der Waals surface area (Å²) in [6.07, 6.45) is 5.58. The van der Waals surface area contributed by atoms with E-state index in [0.717, 1.165) is 32.1 Å². The van der Waals surface area contributed by atoms with Crippen LogP contribution in [0.5, 0.6) is 0 Å². The lowest BCUT2D eigenvalue weighted by atomic mass is 9.94. The zero-order chi connectivity index (χ0) is 12.6. The minimum atomic E-state index is -1.24. The summed E-state index contributed by atoms with van der Waals surface area (Å²) in [7, 11) is 0. The maximum absolute atomic E-state index is 11.0. The van der Waals surface area contributed by atoms with Crippen LogP contribution in [0.1, 0.15) is 52.4 Å². The van der Waals surface area contributed by atoms with Crippen LogP contribution < -0.4 is 11.1 Å². The largest absolute Gasteiger partial charge is 0.480 e. The number of aliphatic carboxylic acids is 1. The Kier molecular flexibility index (Phi) is 6.53. The molecule has 0 saturated carbocycles. The number of nitrogens with one attached hydrogen (secondary N) is 1. The molecule has 16 heavy (non-hydrogen) atoms. The maximum Gasteiger partial charge on any atom is 0.329 e. The van der Waals surface area contributed by atoms with E-state index in [4.69, 9.17) is 10.8 Å². The van der Waals surface area contributed by atoms with Gasteiger partial charge in [-0.05, 0) is 13.3 Å². The molecule has 0 aromatic heterocycles. The van der Waals surface area contributed by atoms with E-state index in [9.17, 15) is 9.59 Å². The van der Waals surface area contributed by atoms with Crippen molar-refractivity contribution < 1.29 is 14.7 Å². The first-order chi connectivity index (χ1) is 7.42. The maximum atomic E-state index is 11.0. The Balaban J connectivity index is 4.03. The molecule has 0 heterocycles. The number of hydrogen-bond acceptors (Lipinski definition) is 2. The first-order valence-electron chi connectivity index (χ1n) is 5.73. The average molecular weight is 230 g/mol. The van der Waals surface area contributed by atoms with E-state index in [-0.39, 0.29) is 0 Å². The smallest absolute Gasteiger partial charge is 0.329 e. The minimum Gasteiger partial charge on any atom is -0.480 e. The molecular weight excluding hydrogens is 208 g/mol. The van der Waals surface area contributed by atoms with Gasteiger partial charge in [-0.2, -0.15) is 0 Å². The highest BCUT2D eigenvalue weighted by molar-refractivity contribution is 5.85. The molecule has 94 valence electrons. The second-order valence-corrected chi connectivity index (χ2v) is 4.29. The highest BCUT2D eigenvalue weighted by Gasteiger charge is 2.33. The number of carboxylic acid groups (broad SMARTS) is 1. The van der Waals surface area contributed by atoms with Gasteiger partial charge in [0.2, 0.25) is 0 Å². The second kappa shape index (κ2) is 7.09. The lowest BCUT2D eigenvalue weighted by Gasteiger charge is -2.25. The number of hydrogen-bond donors (Lipinski definition) is 3. The van der Waals surface area contributed by atoms with Gasteiger partial charge < -0.3 is 16.2 Å². The van der Waals surface area contributed by atoms with Gasteiger partial charge >= 0.3 is 12.0 Å². The first-order valence-corrected chi connectivity index (χ1v) is 5.73. The van der Waals surface area contributed by atoms with Crippen LogP contribution in [0.3, 0.4) is 0 Å². The van der Waals surface area contributed by atoms with Crippen LogP contribution >= 0.6 is 0 Å². The van der Waals surface area contributed by atoms with E-state index in [0.29, 0.717) is 6.42 Å². The molecule has 0 saturated heterocycles. The summed E-state index contributed by atoms with van der Waals surface area (Å²) in [6.45, 7) is 3.61. The molecule has 0 unspecified atom stereocenters. The number of primary amides is 1. The van der Waals surface area contributed by atoms with Gasteiger partial charge in [0.05, 0.1) is 0 Å². The molecular formula is C11H22N2O3. The number of carboxylic acids is 1. The van der Waals surface area contributed by atoms with E-state index in [1.54, 1.807) is 0 Å². The van der Waals surface area contributed by atoms with E-state index in [1.807, 2.05) is 0 Å². The Hall–Kier alpha value is -1.26. The van der Waals surface area contributed by atoms with E-state index >= 15 is 0 Å². The summed E-state index contributed by atoms with van der Waals surface area (Å²) >= 11 is 0. The predicted molar refractivity (Wildman–Crippen MR) is 62.1 cm³/mol. The van der Waals surface area contributed by atoms with Gasteiger partial charge in [0, 0.05) is 0 Å². The fourth-order valence-electron chi connectivity index (χ4n) is 1.58. The van der Waals surface area contributed by atoms with Crippen LogP contribution in [0.2, 0.25) is 0 Å². The SMILES string of the molecule is CCCCCCC[C@@](C)(NC(N)=O)C(=O)O. The number of carbonyl (C=O) groups excluding carboxylic acids is 1. The summed E-state index contributed by atoms with van der Waals surface area (Å²) in [5, 5.41) is 11.3. The normalized spacial score (nSPS) is 14.1. The van der Waals surface area contributed by atoms with Crippen molar-refractivity contribution in [2.24, 2.45) is 5.73 Å². The molecule has 0 radical (unpaired) electrons. The second-order valence-electron chi connectivity index (χ2n) is 4.29. The van der Waals surface area contributed by atoms with E-state index in [1.165, 1.54) is 6.92 Å². The van der Waals surface area contributed by atoms with Crippen molar-refractivity contribution in [3.8, 4) is 0 Å². The Bertz CT molecular complexity index is 243. The molecule has 0 aromatic rings. The van der Waals surface area contributed by atoms with Gasteiger partial charge in [0.25, 0.3) is 0 Å². The molecule has 0 fully saturated rings. The van der Waals surface area contributed by atoms with Crippen molar-refractivity contribution in [3.63, 3.8) is 0 Å². The molecule has 2 amide bonds. The van der Waals surface area contributed by atoms with Crippen LogP contribution in [-0.2, 0) is 4.79 Å². The summed E-state index contributed by atoms with van der Waals surface area (Å²) in [5.74, 6) is -1.04. The monoisotopic (exact) mass is 230 g/mol. The van der Waals surface area contributed by atoms with Gasteiger partial charge in [-0.15, -0.1) is 0 Å². The molecule has 5 heteroatoms. The number of amides is 2. The summed E-state index contributed by atoms with van der Waals surface area (Å²) < 4.78 is 0. The minimum absolute atomic E-state index is 0.412. The molecule has 4 N–H and O–H groups in total. The fraction of sp³-hybridized carbons (Fsp3) is 0.818. The highest BCUT2D eigenvalue weighted by atomic mass is 16.4. The van der Waals surface area contributed by atoms with Gasteiger partial charge in [0.1, 0.15) is 5.54 Å². The molecule has 0 bridgehead atoms. The van der Waals surface area contributed by atoms with Crippen LogP contribution in [0, 0.1) is 0 Å². The predicted octanol–water partition coefficient (Wildman–Crippen LogP) is 1.86. The fourth-order valence-corrected chi connectivity index (χ4v) is 1.58. The zero-order valence-corrected chi connectivity index (χ0v) is 10.1. The Morgan fingerprint density at radius 2 is 1.81 bits per heavy atom. The first kappa shape index (κ1) is 14.7. The van der Waals surface area contributed by atoms with Crippen molar-refractivity contribution >= 4 is 12.0 Å². The van der Waals surface area contributed by atoms with Gasteiger partial charge in [-0.25, -0.2) is 9.59 Å². The quantitative estimate of drug-likeness (QED) is 0.556. The van der Waals surface area contributed by atoms with Gasteiger partial charge in [-0.3, -0.25) is 0 Å². The van der Waals surface area contributed by atoms with Crippen LogP contribution in [0.4, 0.5) is 4.79 Å². The Labute approximate surface area is 96.4 Å². The average Bonchev–Trinajstić information content (AvgIpc) is 2.16. The third-order valence-corrected chi connectivity index (χ3v) is 2.65.